The fraction of sp³-hybridized carbons (Fsp3) is 0.533. The first kappa shape index (κ1) is 14.7. The molecule has 2 unspecified atom stereocenters. The summed E-state index contributed by atoms with van der Waals surface area (Å²) in [6.07, 6.45) is 1.08. The third-order valence-corrected chi connectivity index (χ3v) is 3.94. The van der Waals surface area contributed by atoms with Gasteiger partial charge in [0.25, 0.3) is 5.91 Å². The average Bonchev–Trinajstić information content (AvgIpc) is 2.47. The fourth-order valence-corrected chi connectivity index (χ4v) is 2.60. The van der Waals surface area contributed by atoms with Gasteiger partial charge >= 0.3 is 0 Å². The van der Waals surface area contributed by atoms with E-state index in [1.54, 1.807) is 17.0 Å². The molecule has 1 heterocycles. The summed E-state index contributed by atoms with van der Waals surface area (Å²) < 4.78 is 5.01. The van der Waals surface area contributed by atoms with Gasteiger partial charge in [0.15, 0.2) is 0 Å². The predicted molar refractivity (Wildman–Crippen MR) is 75.0 cm³/mol. The molecule has 1 fully saturated rings. The zero-order valence-corrected chi connectivity index (χ0v) is 11.9. The lowest BCUT2D eigenvalue weighted by Gasteiger charge is -2.35. The number of nitrogens with zero attached hydrogens (tertiary/aromatic N) is 1. The summed E-state index contributed by atoms with van der Waals surface area (Å²) in [5.41, 5.74) is 0.275. The van der Waals surface area contributed by atoms with Gasteiger partial charge in [-0.15, -0.1) is 0 Å². The summed E-state index contributed by atoms with van der Waals surface area (Å²) in [6, 6.07) is 4.66. The van der Waals surface area contributed by atoms with Gasteiger partial charge in [-0.3, -0.25) is 4.79 Å². The molecule has 2 rings (SSSR count). The van der Waals surface area contributed by atoms with Gasteiger partial charge in [0.1, 0.15) is 11.5 Å². The van der Waals surface area contributed by atoms with Gasteiger partial charge < -0.3 is 19.8 Å². The first-order chi connectivity index (χ1) is 9.56. The van der Waals surface area contributed by atoms with Crippen molar-refractivity contribution in [2.45, 2.75) is 25.9 Å². The van der Waals surface area contributed by atoms with Gasteiger partial charge in [0, 0.05) is 25.1 Å². The number of carbonyl (C=O) groups excluding carboxylic acids is 1. The molecule has 2 atom stereocenters. The Hall–Kier alpha value is -1.75. The molecule has 110 valence electrons. The molecule has 20 heavy (non-hydrogen) atoms. The second-order valence-electron chi connectivity index (χ2n) is 5.16. The second kappa shape index (κ2) is 6.13. The summed E-state index contributed by atoms with van der Waals surface area (Å²) in [4.78, 5) is 14.1. The van der Waals surface area contributed by atoms with Crippen molar-refractivity contribution in [2.24, 2.45) is 5.92 Å². The van der Waals surface area contributed by atoms with Crippen LogP contribution >= 0.6 is 0 Å². The molecular weight excluding hydrogens is 258 g/mol. The molecule has 0 bridgehead atoms. The highest BCUT2D eigenvalue weighted by atomic mass is 16.5. The summed E-state index contributed by atoms with van der Waals surface area (Å²) >= 11 is 0. The third-order valence-electron chi connectivity index (χ3n) is 3.94. The van der Waals surface area contributed by atoms with Crippen molar-refractivity contribution in [3.63, 3.8) is 0 Å². The number of aliphatic hydroxyl groups is 1. The molecule has 5 nitrogen and oxygen atoms in total. The Morgan fingerprint density at radius 2 is 2.25 bits per heavy atom. The standard InChI is InChI=1S/C15H21NO4/c1-3-10-9-16(7-6-13(10)17)15(19)12-5-4-11(20-2)8-14(12)18/h4-5,8,10,13,17-18H,3,6-7,9H2,1-2H3. The fourth-order valence-electron chi connectivity index (χ4n) is 2.60. The number of methoxy groups -OCH3 is 1. The van der Waals surface area contributed by atoms with Crippen molar-refractivity contribution in [3.8, 4) is 11.5 Å². The molecule has 0 saturated carbocycles. The number of phenols is 1. The minimum atomic E-state index is -0.339. The number of amides is 1. The zero-order valence-electron chi connectivity index (χ0n) is 11.9. The van der Waals surface area contributed by atoms with E-state index in [2.05, 4.69) is 0 Å². The van der Waals surface area contributed by atoms with E-state index in [4.69, 9.17) is 4.74 Å². The maximum atomic E-state index is 12.4. The molecule has 1 aliphatic heterocycles. The van der Waals surface area contributed by atoms with Crippen LogP contribution < -0.4 is 4.74 Å². The molecule has 0 aliphatic carbocycles. The van der Waals surface area contributed by atoms with Crippen molar-refractivity contribution in [2.75, 3.05) is 20.2 Å². The van der Waals surface area contributed by atoms with E-state index in [1.807, 2.05) is 6.92 Å². The van der Waals surface area contributed by atoms with E-state index in [0.717, 1.165) is 6.42 Å². The predicted octanol–water partition coefficient (Wildman–Crippen LogP) is 1.63. The lowest BCUT2D eigenvalue weighted by Crippen LogP contribution is -2.45. The van der Waals surface area contributed by atoms with Crippen LogP contribution in [0, 0.1) is 5.92 Å². The Morgan fingerprint density at radius 1 is 1.50 bits per heavy atom. The number of rotatable bonds is 3. The van der Waals surface area contributed by atoms with Gasteiger partial charge in [-0.05, 0) is 25.0 Å². The van der Waals surface area contributed by atoms with Crippen LogP contribution in [0.2, 0.25) is 0 Å². The number of ether oxygens (including phenoxy) is 1. The molecule has 1 saturated heterocycles. The Morgan fingerprint density at radius 3 is 2.85 bits per heavy atom. The Balaban J connectivity index is 2.15. The molecule has 1 aromatic rings. The van der Waals surface area contributed by atoms with Crippen LogP contribution in [0.15, 0.2) is 18.2 Å². The van der Waals surface area contributed by atoms with E-state index in [1.165, 1.54) is 13.2 Å². The smallest absolute Gasteiger partial charge is 0.257 e. The number of phenolic OH excluding ortho intramolecular Hbond substituents is 1. The molecule has 2 N–H and O–H groups in total. The van der Waals surface area contributed by atoms with Crippen LogP contribution in [0.5, 0.6) is 11.5 Å². The van der Waals surface area contributed by atoms with E-state index in [-0.39, 0.29) is 29.2 Å². The summed E-state index contributed by atoms with van der Waals surface area (Å²) in [6.45, 7) is 3.05. The van der Waals surface area contributed by atoms with E-state index >= 15 is 0 Å². The van der Waals surface area contributed by atoms with Crippen molar-refractivity contribution in [1.29, 1.82) is 0 Å². The number of hydrogen-bond acceptors (Lipinski definition) is 4. The van der Waals surface area contributed by atoms with Crippen LogP contribution in [-0.4, -0.2) is 47.3 Å². The number of hydrogen-bond donors (Lipinski definition) is 2. The molecule has 0 radical (unpaired) electrons. The zero-order chi connectivity index (χ0) is 14.7. The van der Waals surface area contributed by atoms with Crippen LogP contribution in [0.3, 0.4) is 0 Å². The highest BCUT2D eigenvalue weighted by Gasteiger charge is 2.30. The summed E-state index contributed by atoms with van der Waals surface area (Å²) in [7, 11) is 1.51. The van der Waals surface area contributed by atoms with Gasteiger partial charge in [0.05, 0.1) is 18.8 Å². The Labute approximate surface area is 118 Å². The number of likely N-dealkylation sites (tertiary alicyclic amines) is 1. The summed E-state index contributed by atoms with van der Waals surface area (Å²) in [5, 5.41) is 19.8. The molecule has 1 amide bonds. The Bertz CT molecular complexity index is 489. The van der Waals surface area contributed by atoms with E-state index < -0.39 is 0 Å². The first-order valence-electron chi connectivity index (χ1n) is 6.91. The quantitative estimate of drug-likeness (QED) is 0.882. The molecular formula is C15H21NO4. The SMILES string of the molecule is CCC1CN(C(=O)c2ccc(OC)cc2O)CCC1O. The number of piperidine rings is 1. The highest BCUT2D eigenvalue weighted by molar-refractivity contribution is 5.97. The van der Waals surface area contributed by atoms with Crippen LogP contribution in [-0.2, 0) is 0 Å². The Kier molecular flexibility index (Phi) is 4.49. The topological polar surface area (TPSA) is 70.0 Å². The molecule has 0 aromatic heterocycles. The third kappa shape index (κ3) is 2.88. The van der Waals surface area contributed by atoms with Crippen molar-refractivity contribution in [1.82, 2.24) is 4.90 Å². The van der Waals surface area contributed by atoms with Gasteiger partial charge in [-0.1, -0.05) is 6.92 Å². The lowest BCUT2D eigenvalue weighted by molar-refractivity contribution is 0.0227. The van der Waals surface area contributed by atoms with Crippen LogP contribution in [0.1, 0.15) is 30.1 Å². The minimum Gasteiger partial charge on any atom is -0.507 e. The van der Waals surface area contributed by atoms with Crippen LogP contribution in [0.25, 0.3) is 0 Å². The average molecular weight is 279 g/mol. The maximum Gasteiger partial charge on any atom is 0.257 e. The van der Waals surface area contributed by atoms with Gasteiger partial charge in [-0.25, -0.2) is 0 Å². The van der Waals surface area contributed by atoms with E-state index in [0.29, 0.717) is 25.3 Å². The lowest BCUT2D eigenvalue weighted by atomic mass is 9.92. The van der Waals surface area contributed by atoms with Gasteiger partial charge in [0.2, 0.25) is 0 Å². The number of benzene rings is 1. The number of carbonyl (C=O) groups is 1. The second-order valence-corrected chi connectivity index (χ2v) is 5.16. The molecule has 1 aromatic carbocycles. The van der Waals surface area contributed by atoms with Crippen molar-refractivity contribution < 1.29 is 19.7 Å². The van der Waals surface area contributed by atoms with Crippen LogP contribution in [0.4, 0.5) is 0 Å². The normalized spacial score (nSPS) is 22.6. The van der Waals surface area contributed by atoms with Gasteiger partial charge in [-0.2, -0.15) is 0 Å². The minimum absolute atomic E-state index is 0.0754. The molecule has 5 heteroatoms. The molecule has 1 aliphatic rings. The molecule has 0 spiro atoms. The number of aliphatic hydroxyl groups excluding tert-OH is 1. The maximum absolute atomic E-state index is 12.4. The largest absolute Gasteiger partial charge is 0.507 e. The summed E-state index contributed by atoms with van der Waals surface area (Å²) in [5.74, 6) is 0.344. The van der Waals surface area contributed by atoms with Crippen molar-refractivity contribution >= 4 is 5.91 Å². The number of aromatic hydroxyl groups is 1. The monoisotopic (exact) mass is 279 g/mol. The first-order valence-corrected chi connectivity index (χ1v) is 6.91. The van der Waals surface area contributed by atoms with Crippen molar-refractivity contribution in [3.05, 3.63) is 23.8 Å². The van der Waals surface area contributed by atoms with E-state index in [9.17, 15) is 15.0 Å². The highest BCUT2D eigenvalue weighted by Crippen LogP contribution is 2.27.